The standard InChI is InChI=1S/C24H23F3N2O6S/c1-33-21-7-4-8-22(34-2)20(21)14-28-23(30)15-35-18-9-11-19(12-10-18)36(31,32)29-17-6-3-5-16(13-17)24(25,26)27/h3-13,29H,14-15H2,1-2H3,(H,28,30). The Hall–Kier alpha value is -3.93. The number of methoxy groups -OCH3 is 2. The highest BCUT2D eigenvalue weighted by atomic mass is 32.2. The molecule has 0 radical (unpaired) electrons. The number of benzene rings is 3. The number of carbonyl (C=O) groups is 1. The molecule has 0 bridgehead atoms. The van der Waals surface area contributed by atoms with Gasteiger partial charge in [0.25, 0.3) is 15.9 Å². The number of carbonyl (C=O) groups excluding carboxylic acids is 1. The fourth-order valence-electron chi connectivity index (χ4n) is 3.18. The average Bonchev–Trinajstić information content (AvgIpc) is 2.85. The van der Waals surface area contributed by atoms with E-state index in [-0.39, 0.29) is 29.5 Å². The quantitative estimate of drug-likeness (QED) is 0.412. The topological polar surface area (TPSA) is 103 Å². The van der Waals surface area contributed by atoms with Gasteiger partial charge < -0.3 is 19.5 Å². The molecule has 36 heavy (non-hydrogen) atoms. The molecule has 192 valence electrons. The number of sulfonamides is 1. The van der Waals surface area contributed by atoms with Gasteiger partial charge in [-0.3, -0.25) is 9.52 Å². The van der Waals surface area contributed by atoms with Gasteiger partial charge in [-0.05, 0) is 54.6 Å². The van der Waals surface area contributed by atoms with Crippen LogP contribution in [0.15, 0.2) is 71.6 Å². The first-order valence-electron chi connectivity index (χ1n) is 10.4. The summed E-state index contributed by atoms with van der Waals surface area (Å²) >= 11 is 0. The van der Waals surface area contributed by atoms with E-state index in [9.17, 15) is 26.4 Å². The number of ether oxygens (including phenoxy) is 3. The number of hydrogen-bond donors (Lipinski definition) is 2. The molecule has 0 atom stereocenters. The Morgan fingerprint density at radius 3 is 2.11 bits per heavy atom. The lowest BCUT2D eigenvalue weighted by atomic mass is 10.1. The van der Waals surface area contributed by atoms with Crippen molar-refractivity contribution in [3.63, 3.8) is 0 Å². The molecule has 3 aromatic carbocycles. The molecule has 3 rings (SSSR count). The van der Waals surface area contributed by atoms with Crippen LogP contribution in [-0.4, -0.2) is 35.2 Å². The summed E-state index contributed by atoms with van der Waals surface area (Å²) in [6, 6.07) is 14.2. The summed E-state index contributed by atoms with van der Waals surface area (Å²) in [4.78, 5) is 12.0. The van der Waals surface area contributed by atoms with Crippen molar-refractivity contribution in [2.45, 2.75) is 17.6 Å². The number of nitrogens with one attached hydrogen (secondary N) is 2. The molecular weight excluding hydrogens is 501 g/mol. The first-order chi connectivity index (χ1) is 17.0. The molecule has 0 aliphatic rings. The van der Waals surface area contributed by atoms with Crippen molar-refractivity contribution in [2.75, 3.05) is 25.5 Å². The molecule has 2 N–H and O–H groups in total. The molecule has 0 aliphatic carbocycles. The molecule has 0 spiro atoms. The Morgan fingerprint density at radius 1 is 0.917 bits per heavy atom. The molecular formula is C24H23F3N2O6S. The van der Waals surface area contributed by atoms with Gasteiger partial charge in [0, 0.05) is 5.69 Å². The number of halogens is 3. The molecule has 0 heterocycles. The fraction of sp³-hybridized carbons (Fsp3) is 0.208. The number of amides is 1. The molecule has 12 heteroatoms. The van der Waals surface area contributed by atoms with Crippen LogP contribution in [-0.2, 0) is 27.5 Å². The van der Waals surface area contributed by atoms with E-state index >= 15 is 0 Å². The van der Waals surface area contributed by atoms with Gasteiger partial charge in [-0.2, -0.15) is 13.2 Å². The van der Waals surface area contributed by atoms with E-state index in [1.54, 1.807) is 18.2 Å². The molecule has 0 fully saturated rings. The zero-order valence-electron chi connectivity index (χ0n) is 19.3. The van der Waals surface area contributed by atoms with Crippen molar-refractivity contribution < 1.29 is 40.6 Å². The molecule has 3 aromatic rings. The van der Waals surface area contributed by atoms with Gasteiger partial charge >= 0.3 is 6.18 Å². The van der Waals surface area contributed by atoms with E-state index in [1.807, 2.05) is 0 Å². The van der Waals surface area contributed by atoms with Crippen molar-refractivity contribution in [1.82, 2.24) is 5.32 Å². The number of rotatable bonds is 10. The van der Waals surface area contributed by atoms with Crippen molar-refractivity contribution in [1.29, 1.82) is 0 Å². The minimum absolute atomic E-state index is 0.133. The van der Waals surface area contributed by atoms with E-state index < -0.39 is 27.7 Å². The van der Waals surface area contributed by atoms with Crippen LogP contribution in [0.1, 0.15) is 11.1 Å². The van der Waals surface area contributed by atoms with Crippen molar-refractivity contribution >= 4 is 21.6 Å². The zero-order chi connectivity index (χ0) is 26.3. The maximum atomic E-state index is 12.9. The number of anilines is 1. The highest BCUT2D eigenvalue weighted by Crippen LogP contribution is 2.31. The summed E-state index contributed by atoms with van der Waals surface area (Å²) in [6.07, 6.45) is -4.61. The van der Waals surface area contributed by atoms with E-state index in [2.05, 4.69) is 10.0 Å². The third-order valence-electron chi connectivity index (χ3n) is 4.94. The van der Waals surface area contributed by atoms with E-state index in [1.165, 1.54) is 44.6 Å². The summed E-state index contributed by atoms with van der Waals surface area (Å²) in [5.41, 5.74) is -0.555. The second kappa shape index (κ2) is 11.2. The van der Waals surface area contributed by atoms with Gasteiger partial charge in [-0.25, -0.2) is 8.42 Å². The van der Waals surface area contributed by atoms with Gasteiger partial charge in [0.05, 0.1) is 36.8 Å². The van der Waals surface area contributed by atoms with Crippen molar-refractivity contribution in [2.24, 2.45) is 0 Å². The lowest BCUT2D eigenvalue weighted by Crippen LogP contribution is -2.28. The molecule has 0 unspecified atom stereocenters. The third-order valence-corrected chi connectivity index (χ3v) is 6.34. The summed E-state index contributed by atoms with van der Waals surface area (Å²) in [6.45, 7) is -0.209. The zero-order valence-corrected chi connectivity index (χ0v) is 20.1. The van der Waals surface area contributed by atoms with Crippen LogP contribution in [0.3, 0.4) is 0 Å². The Morgan fingerprint density at radius 2 is 1.53 bits per heavy atom. The van der Waals surface area contributed by atoms with Crippen LogP contribution in [0, 0.1) is 0 Å². The third kappa shape index (κ3) is 6.81. The maximum Gasteiger partial charge on any atom is 0.416 e. The van der Waals surface area contributed by atoms with Crippen LogP contribution >= 0.6 is 0 Å². The van der Waals surface area contributed by atoms with Gasteiger partial charge in [-0.1, -0.05) is 12.1 Å². The predicted octanol–water partition coefficient (Wildman–Crippen LogP) is 4.22. The largest absolute Gasteiger partial charge is 0.496 e. The smallest absolute Gasteiger partial charge is 0.416 e. The van der Waals surface area contributed by atoms with Crippen LogP contribution in [0.25, 0.3) is 0 Å². The SMILES string of the molecule is COc1cccc(OC)c1CNC(=O)COc1ccc(S(=O)(=O)Nc2cccc(C(F)(F)F)c2)cc1. The van der Waals surface area contributed by atoms with Crippen molar-refractivity contribution in [3.8, 4) is 17.2 Å². The first-order valence-corrected chi connectivity index (χ1v) is 11.9. The highest BCUT2D eigenvalue weighted by Gasteiger charge is 2.30. The first kappa shape index (κ1) is 26.7. The average molecular weight is 525 g/mol. The monoisotopic (exact) mass is 524 g/mol. The summed E-state index contributed by atoms with van der Waals surface area (Å²) < 4.78 is 81.8. The number of alkyl halides is 3. The Kier molecular flexibility index (Phi) is 8.30. The van der Waals surface area contributed by atoms with Crippen LogP contribution in [0.5, 0.6) is 17.2 Å². The summed E-state index contributed by atoms with van der Waals surface area (Å²) in [5, 5.41) is 2.69. The molecule has 1 amide bonds. The van der Waals surface area contributed by atoms with Crippen LogP contribution < -0.4 is 24.2 Å². The molecule has 0 saturated carbocycles. The predicted molar refractivity (Wildman–Crippen MR) is 126 cm³/mol. The highest BCUT2D eigenvalue weighted by molar-refractivity contribution is 7.92. The molecule has 0 aromatic heterocycles. The Labute approximate surface area is 206 Å². The summed E-state index contributed by atoms with van der Waals surface area (Å²) in [5.74, 6) is 0.876. The number of hydrogen-bond acceptors (Lipinski definition) is 6. The second-order valence-electron chi connectivity index (χ2n) is 7.36. The van der Waals surface area contributed by atoms with E-state index in [0.717, 1.165) is 12.1 Å². The van der Waals surface area contributed by atoms with Gasteiger partial charge in [0.15, 0.2) is 6.61 Å². The summed E-state index contributed by atoms with van der Waals surface area (Å²) in [7, 11) is -1.15. The minimum Gasteiger partial charge on any atom is -0.496 e. The van der Waals surface area contributed by atoms with E-state index in [4.69, 9.17) is 14.2 Å². The molecule has 0 aliphatic heterocycles. The van der Waals surface area contributed by atoms with Crippen LogP contribution in [0.4, 0.5) is 18.9 Å². The Balaban J connectivity index is 1.58. The van der Waals surface area contributed by atoms with Crippen LogP contribution in [0.2, 0.25) is 0 Å². The normalized spacial score (nSPS) is 11.5. The van der Waals surface area contributed by atoms with Gasteiger partial charge in [0.2, 0.25) is 0 Å². The van der Waals surface area contributed by atoms with Gasteiger partial charge in [0.1, 0.15) is 17.2 Å². The van der Waals surface area contributed by atoms with Crippen molar-refractivity contribution in [3.05, 3.63) is 77.9 Å². The maximum absolute atomic E-state index is 12.9. The fourth-order valence-corrected chi connectivity index (χ4v) is 4.23. The molecule has 0 saturated heterocycles. The Bertz CT molecular complexity index is 1290. The minimum atomic E-state index is -4.61. The van der Waals surface area contributed by atoms with Gasteiger partial charge in [-0.15, -0.1) is 0 Å². The van der Waals surface area contributed by atoms with E-state index in [0.29, 0.717) is 23.1 Å². The lowest BCUT2D eigenvalue weighted by molar-refractivity contribution is -0.137. The molecule has 8 nitrogen and oxygen atoms in total. The lowest BCUT2D eigenvalue weighted by Gasteiger charge is -2.14. The second-order valence-corrected chi connectivity index (χ2v) is 9.04.